The molecule has 0 bridgehead atoms. The predicted molar refractivity (Wildman–Crippen MR) is 217 cm³/mol. The topological polar surface area (TPSA) is 235 Å². The van der Waals surface area contributed by atoms with Crippen LogP contribution in [0, 0.1) is 17.0 Å². The molecule has 0 unspecified atom stereocenters. The zero-order valence-electron chi connectivity index (χ0n) is 32.9. The van der Waals surface area contributed by atoms with Gasteiger partial charge in [0.25, 0.3) is 35.2 Å². The van der Waals surface area contributed by atoms with Gasteiger partial charge in [0.1, 0.15) is 28.5 Å². The molecule has 6 rings (SSSR count). The Morgan fingerprint density at radius 3 is 1.25 bits per heavy atom. The Balaban J connectivity index is 1.08. The number of amides is 5. The van der Waals surface area contributed by atoms with Gasteiger partial charge in [-0.2, -0.15) is 0 Å². The van der Waals surface area contributed by atoms with E-state index in [9.17, 15) is 38.9 Å². The van der Waals surface area contributed by atoms with Crippen LogP contribution in [0.15, 0.2) is 73.6 Å². The molecule has 0 aliphatic heterocycles. The average Bonchev–Trinajstić information content (AvgIpc) is 4.03. The largest absolute Gasteiger partial charge is 0.351 e. The van der Waals surface area contributed by atoms with Gasteiger partial charge in [-0.15, -0.1) is 0 Å². The van der Waals surface area contributed by atoms with E-state index in [1.807, 2.05) is 0 Å². The van der Waals surface area contributed by atoms with Crippen molar-refractivity contribution >= 4 is 63.8 Å². The number of carbonyl (C=O) groups is 6. The van der Waals surface area contributed by atoms with Crippen molar-refractivity contribution in [3.8, 4) is 0 Å². The number of hydrogen-bond donors (Lipinski definition) is 5. The quantitative estimate of drug-likeness (QED) is 0.0615. The van der Waals surface area contributed by atoms with E-state index < -0.39 is 34.3 Å². The van der Waals surface area contributed by atoms with Crippen LogP contribution in [0.25, 0.3) is 0 Å². The molecule has 6 aromatic rings. The summed E-state index contributed by atoms with van der Waals surface area (Å²) in [6.07, 6.45) is 9.51. The Kier molecular flexibility index (Phi) is 11.3. The van der Waals surface area contributed by atoms with E-state index in [-0.39, 0.29) is 51.3 Å². The molecule has 6 aromatic heterocycles. The van der Waals surface area contributed by atoms with Crippen molar-refractivity contribution in [2.75, 3.05) is 27.8 Å². The fourth-order valence-electron chi connectivity index (χ4n) is 6.44. The summed E-state index contributed by atoms with van der Waals surface area (Å²) >= 11 is 0. The van der Waals surface area contributed by atoms with Gasteiger partial charge in [0.05, 0.1) is 39.6 Å². The maximum atomic E-state index is 13.7. The van der Waals surface area contributed by atoms with Crippen molar-refractivity contribution in [1.82, 2.24) is 32.7 Å². The van der Waals surface area contributed by atoms with E-state index in [1.54, 1.807) is 69.0 Å². The molecule has 0 aliphatic rings. The van der Waals surface area contributed by atoms with Gasteiger partial charge in [-0.25, -0.2) is 0 Å². The molecule has 20 nitrogen and oxygen atoms in total. The molecule has 1 radical (unpaired) electrons. The summed E-state index contributed by atoms with van der Waals surface area (Å²) in [6, 6.07) is 8.58. The Labute approximate surface area is 336 Å². The summed E-state index contributed by atoms with van der Waals surface area (Å²) in [6.45, 7) is 4.12. The molecule has 0 spiro atoms. The minimum atomic E-state index is -0.603. The Hall–Kier alpha value is -7.90. The summed E-state index contributed by atoms with van der Waals surface area (Å²) in [7, 11) is 9.68. The Bertz CT molecular complexity index is 2680. The lowest BCUT2D eigenvalue weighted by atomic mass is 10.1. The maximum absolute atomic E-state index is 13.7. The molecule has 0 aromatic carbocycles. The van der Waals surface area contributed by atoms with Crippen molar-refractivity contribution in [3.63, 3.8) is 0 Å². The summed E-state index contributed by atoms with van der Waals surface area (Å²) < 4.78 is 8.99. The summed E-state index contributed by atoms with van der Waals surface area (Å²) in [5.74, 6) is -2.86. The highest BCUT2D eigenvalue weighted by atomic mass is 16.6. The third kappa shape index (κ3) is 8.60. The monoisotopic (exact) mass is 805 g/mol. The van der Waals surface area contributed by atoms with Gasteiger partial charge in [0.15, 0.2) is 0 Å². The minimum absolute atomic E-state index is 0.0554. The van der Waals surface area contributed by atoms with Gasteiger partial charge >= 0.3 is 0 Å². The van der Waals surface area contributed by atoms with Crippen LogP contribution in [-0.4, -0.2) is 74.2 Å². The van der Waals surface area contributed by atoms with Crippen molar-refractivity contribution in [3.05, 3.63) is 130 Å². The number of anilines is 4. The molecule has 0 atom stereocenters. The van der Waals surface area contributed by atoms with Gasteiger partial charge in [-0.3, -0.25) is 38.9 Å². The molecular formula is C39H41N12O8. The van der Waals surface area contributed by atoms with E-state index in [0.717, 1.165) is 6.07 Å². The van der Waals surface area contributed by atoms with Gasteiger partial charge in [-0.05, 0) is 36.8 Å². The number of nitrogens with one attached hydrogen (secondary N) is 5. The van der Waals surface area contributed by atoms with E-state index in [4.69, 9.17) is 0 Å². The number of nitro groups is 1. The first kappa shape index (κ1) is 40.8. The number of nitrogens with zero attached hydrogens (tertiary/aromatic N) is 7. The highest BCUT2D eigenvalue weighted by Crippen LogP contribution is 2.23. The maximum Gasteiger partial charge on any atom is 0.287 e. The van der Waals surface area contributed by atoms with E-state index in [0.29, 0.717) is 35.7 Å². The second-order valence-corrected chi connectivity index (χ2v) is 13.8. The van der Waals surface area contributed by atoms with E-state index in [2.05, 4.69) is 33.5 Å². The van der Waals surface area contributed by atoms with Crippen LogP contribution in [0.2, 0.25) is 0 Å². The zero-order valence-corrected chi connectivity index (χ0v) is 32.9. The van der Waals surface area contributed by atoms with Gasteiger partial charge in [0.2, 0.25) is 5.78 Å². The van der Waals surface area contributed by atoms with Gasteiger partial charge in [0, 0.05) is 91.4 Å². The number of aryl methyl sites for hydroxylation is 6. The number of rotatable bonds is 14. The Morgan fingerprint density at radius 2 is 0.847 bits per heavy atom. The summed E-state index contributed by atoms with van der Waals surface area (Å²) in [5.41, 5.74) is 2.51. The number of aromatic nitrogens is 6. The van der Waals surface area contributed by atoms with Crippen LogP contribution in [0.1, 0.15) is 74.9 Å². The standard InChI is InChI=1S/C39H41N12O8/c1-8-9-40-35(53)30-12-24(18-47(30)4)43-38(56)32-13-25(19-48(32)5)42-36(54)29-10-22(16-45(29)2)34(52)28-11-23(17-46(28)3)41-37(55)31-14-26(20-49(31)6)44-39(57)33-15-27(51(58)59)21-50(33)7/h10-21H,1,8-9H2,2-7H3,(H,40,53)(H,41,55)(H,42,54)(H,43,56)(H,44,57). The van der Waals surface area contributed by atoms with E-state index in [1.165, 1.54) is 68.2 Å². The molecule has 0 saturated heterocycles. The van der Waals surface area contributed by atoms with Crippen molar-refractivity contribution in [2.45, 2.75) is 6.42 Å². The molecule has 0 saturated carbocycles. The molecule has 5 amide bonds. The fraction of sp³-hybridized carbons (Fsp3) is 0.205. The summed E-state index contributed by atoms with van der Waals surface area (Å²) in [5, 5.41) is 24.8. The van der Waals surface area contributed by atoms with Crippen LogP contribution in [0.3, 0.4) is 0 Å². The van der Waals surface area contributed by atoms with Crippen LogP contribution >= 0.6 is 0 Å². The normalized spacial score (nSPS) is 11.0. The van der Waals surface area contributed by atoms with Crippen molar-refractivity contribution in [2.24, 2.45) is 42.3 Å². The van der Waals surface area contributed by atoms with Gasteiger partial charge < -0.3 is 54.0 Å². The van der Waals surface area contributed by atoms with Crippen molar-refractivity contribution < 1.29 is 33.7 Å². The minimum Gasteiger partial charge on any atom is -0.351 e. The first-order valence-corrected chi connectivity index (χ1v) is 17.9. The highest BCUT2D eigenvalue weighted by molar-refractivity contribution is 6.13. The second-order valence-electron chi connectivity index (χ2n) is 13.8. The fourth-order valence-corrected chi connectivity index (χ4v) is 6.44. The third-order valence-electron chi connectivity index (χ3n) is 9.38. The number of hydrogen-bond acceptors (Lipinski definition) is 8. The van der Waals surface area contributed by atoms with Crippen LogP contribution in [-0.2, 0) is 42.3 Å². The number of ketones is 1. The lowest BCUT2D eigenvalue weighted by Crippen LogP contribution is -2.25. The first-order chi connectivity index (χ1) is 27.9. The molecule has 305 valence electrons. The molecule has 0 fully saturated rings. The Morgan fingerprint density at radius 1 is 0.508 bits per heavy atom. The van der Waals surface area contributed by atoms with Gasteiger partial charge in [-0.1, -0.05) is 6.92 Å². The lowest BCUT2D eigenvalue weighted by molar-refractivity contribution is -0.384. The van der Waals surface area contributed by atoms with Crippen LogP contribution in [0.4, 0.5) is 28.4 Å². The smallest absolute Gasteiger partial charge is 0.287 e. The van der Waals surface area contributed by atoms with Crippen molar-refractivity contribution in [1.29, 1.82) is 0 Å². The zero-order chi connectivity index (χ0) is 42.9. The molecule has 20 heteroatoms. The first-order valence-electron chi connectivity index (χ1n) is 17.9. The SMILES string of the molecule is [CH2]CCNC(=O)c1cc(NC(=O)c2cc(NC(=O)c3cc(C(=O)c4cc(NC(=O)c5cc(NC(=O)c6cc([N+](=O)[O-])cn6C)cn5C)cn4C)cn3C)cn2C)cn1C. The second kappa shape index (κ2) is 16.3. The third-order valence-corrected chi connectivity index (χ3v) is 9.38. The predicted octanol–water partition coefficient (Wildman–Crippen LogP) is 3.82. The molecule has 59 heavy (non-hydrogen) atoms. The highest BCUT2D eigenvalue weighted by Gasteiger charge is 2.24. The lowest BCUT2D eigenvalue weighted by Gasteiger charge is -2.03. The average molecular weight is 806 g/mol. The van der Waals surface area contributed by atoms with Crippen LogP contribution < -0.4 is 26.6 Å². The summed E-state index contributed by atoms with van der Waals surface area (Å²) in [4.78, 5) is 89.2. The molecule has 0 aliphatic carbocycles. The molecular weight excluding hydrogens is 765 g/mol. The number of carbonyl (C=O) groups excluding carboxylic acids is 6. The molecule has 6 heterocycles. The van der Waals surface area contributed by atoms with E-state index >= 15 is 0 Å². The van der Waals surface area contributed by atoms with Crippen LogP contribution in [0.5, 0.6) is 0 Å². The molecule has 5 N–H and O–H groups in total.